The first-order chi connectivity index (χ1) is 10.7. The van der Waals surface area contributed by atoms with E-state index in [0.29, 0.717) is 36.7 Å². The van der Waals surface area contributed by atoms with Gasteiger partial charge in [-0.15, -0.1) is 6.42 Å². The van der Waals surface area contributed by atoms with Crippen LogP contribution < -0.4 is 10.6 Å². The zero-order valence-electron chi connectivity index (χ0n) is 12.4. The van der Waals surface area contributed by atoms with Gasteiger partial charge in [-0.1, -0.05) is 18.1 Å². The minimum atomic E-state index is -0.266. The Morgan fingerprint density at radius 2 is 1.86 bits per heavy atom. The van der Waals surface area contributed by atoms with Gasteiger partial charge in [0.05, 0.1) is 24.2 Å². The normalized spacial score (nSPS) is 13.8. The molecule has 2 N–H and O–H groups in total. The number of nitrogens with one attached hydrogen (secondary N) is 2. The van der Waals surface area contributed by atoms with Crippen molar-refractivity contribution in [3.8, 4) is 12.3 Å². The summed E-state index contributed by atoms with van der Waals surface area (Å²) in [6, 6.07) is 6.83. The third-order valence-electron chi connectivity index (χ3n) is 3.17. The number of amides is 2. The van der Waals surface area contributed by atoms with E-state index < -0.39 is 0 Å². The number of guanidine groups is 1. The zero-order chi connectivity index (χ0) is 15.9. The Kier molecular flexibility index (Phi) is 5.15. The number of fused-ring (bicyclic) bond motifs is 1. The second-order valence-electron chi connectivity index (χ2n) is 4.63. The van der Waals surface area contributed by atoms with Gasteiger partial charge in [0.15, 0.2) is 5.96 Å². The number of rotatable bonds is 5. The van der Waals surface area contributed by atoms with E-state index in [-0.39, 0.29) is 18.4 Å². The Hall–Kier alpha value is -2.81. The third kappa shape index (κ3) is 3.26. The molecule has 1 aromatic carbocycles. The van der Waals surface area contributed by atoms with Crippen molar-refractivity contribution in [2.24, 2.45) is 4.99 Å². The average molecular weight is 298 g/mol. The molecular weight excluding hydrogens is 280 g/mol. The summed E-state index contributed by atoms with van der Waals surface area (Å²) in [6.45, 7) is 3.55. The molecule has 6 heteroatoms. The van der Waals surface area contributed by atoms with Gasteiger partial charge in [-0.2, -0.15) is 0 Å². The molecule has 2 rings (SSSR count). The molecule has 0 saturated heterocycles. The molecule has 22 heavy (non-hydrogen) atoms. The molecule has 0 radical (unpaired) electrons. The first kappa shape index (κ1) is 15.6. The summed E-state index contributed by atoms with van der Waals surface area (Å²) in [5.41, 5.74) is 0.905. The molecule has 1 aliphatic rings. The first-order valence-corrected chi connectivity index (χ1v) is 7.10. The Bertz CT molecular complexity index is 611. The second-order valence-corrected chi connectivity index (χ2v) is 4.63. The zero-order valence-corrected chi connectivity index (χ0v) is 12.4. The van der Waals surface area contributed by atoms with Gasteiger partial charge >= 0.3 is 0 Å². The molecule has 0 unspecified atom stereocenters. The monoisotopic (exact) mass is 298 g/mol. The average Bonchev–Trinajstić information content (AvgIpc) is 2.78. The van der Waals surface area contributed by atoms with Gasteiger partial charge in [-0.05, 0) is 19.1 Å². The van der Waals surface area contributed by atoms with Crippen molar-refractivity contribution in [1.82, 2.24) is 15.5 Å². The molecule has 0 aromatic heterocycles. The Morgan fingerprint density at radius 1 is 1.23 bits per heavy atom. The summed E-state index contributed by atoms with van der Waals surface area (Å²) in [5, 5.41) is 5.99. The number of carbonyl (C=O) groups is 2. The third-order valence-corrected chi connectivity index (χ3v) is 3.17. The number of benzene rings is 1. The van der Waals surface area contributed by atoms with Crippen LogP contribution >= 0.6 is 0 Å². The summed E-state index contributed by atoms with van der Waals surface area (Å²) >= 11 is 0. The van der Waals surface area contributed by atoms with Crippen LogP contribution in [0.1, 0.15) is 27.6 Å². The van der Waals surface area contributed by atoms with Crippen molar-refractivity contribution in [2.75, 3.05) is 26.2 Å². The maximum Gasteiger partial charge on any atom is 0.261 e. The standard InChI is InChI=1S/C16H18N4O2/c1-3-9-18-16(17-4-2)19-10-11-20-14(21)12-7-5-6-8-13(12)15(20)22/h1,5-8H,4,9-11H2,2H3,(H2,17,18,19). The highest BCUT2D eigenvalue weighted by Gasteiger charge is 2.34. The lowest BCUT2D eigenvalue weighted by Gasteiger charge is -2.13. The number of nitrogens with zero attached hydrogens (tertiary/aromatic N) is 2. The second kappa shape index (κ2) is 7.27. The van der Waals surface area contributed by atoms with Crippen molar-refractivity contribution in [3.63, 3.8) is 0 Å². The van der Waals surface area contributed by atoms with E-state index in [9.17, 15) is 9.59 Å². The number of carbonyl (C=O) groups excluding carboxylic acids is 2. The van der Waals surface area contributed by atoms with Crippen LogP contribution in [0.4, 0.5) is 0 Å². The molecule has 114 valence electrons. The molecule has 1 aliphatic heterocycles. The number of hydrogen-bond donors (Lipinski definition) is 2. The summed E-state index contributed by atoms with van der Waals surface area (Å²) in [7, 11) is 0. The lowest BCUT2D eigenvalue weighted by Crippen LogP contribution is -2.38. The predicted octanol–water partition coefficient (Wildman–Crippen LogP) is 0.471. The Morgan fingerprint density at radius 3 is 2.41 bits per heavy atom. The highest BCUT2D eigenvalue weighted by Crippen LogP contribution is 2.21. The molecule has 0 atom stereocenters. The first-order valence-electron chi connectivity index (χ1n) is 7.10. The number of terminal acetylenes is 1. The van der Waals surface area contributed by atoms with E-state index >= 15 is 0 Å². The SMILES string of the molecule is C#CCNC(=NCCN1C(=O)c2ccccc2C1=O)NCC. The van der Waals surface area contributed by atoms with E-state index in [2.05, 4.69) is 21.5 Å². The summed E-state index contributed by atoms with van der Waals surface area (Å²) in [5.74, 6) is 2.50. The van der Waals surface area contributed by atoms with E-state index in [0.717, 1.165) is 0 Å². The summed E-state index contributed by atoms with van der Waals surface area (Å²) < 4.78 is 0. The van der Waals surface area contributed by atoms with Crippen molar-refractivity contribution in [1.29, 1.82) is 0 Å². The fraction of sp³-hybridized carbons (Fsp3) is 0.312. The Balaban J connectivity index is 1.99. The van der Waals surface area contributed by atoms with Crippen LogP contribution in [0.5, 0.6) is 0 Å². The molecule has 0 aliphatic carbocycles. The minimum absolute atomic E-state index is 0.235. The molecule has 0 saturated carbocycles. The minimum Gasteiger partial charge on any atom is -0.357 e. The number of aliphatic imine (C=N–C) groups is 1. The summed E-state index contributed by atoms with van der Waals surface area (Å²) in [6.07, 6.45) is 5.19. The molecule has 1 heterocycles. The van der Waals surface area contributed by atoms with E-state index in [1.165, 1.54) is 4.90 Å². The quantitative estimate of drug-likeness (QED) is 0.359. The van der Waals surface area contributed by atoms with Gasteiger partial charge in [0, 0.05) is 13.1 Å². The molecule has 6 nitrogen and oxygen atoms in total. The molecular formula is C16H18N4O2. The van der Waals surface area contributed by atoms with Crippen LogP contribution in [0.25, 0.3) is 0 Å². The van der Waals surface area contributed by atoms with Crippen molar-refractivity contribution < 1.29 is 9.59 Å². The molecule has 0 fully saturated rings. The van der Waals surface area contributed by atoms with Crippen LogP contribution in [0, 0.1) is 12.3 Å². The van der Waals surface area contributed by atoms with E-state index in [4.69, 9.17) is 6.42 Å². The van der Waals surface area contributed by atoms with Crippen LogP contribution in [0.3, 0.4) is 0 Å². The topological polar surface area (TPSA) is 73.8 Å². The van der Waals surface area contributed by atoms with Gasteiger partial charge in [-0.3, -0.25) is 19.5 Å². The molecule has 1 aromatic rings. The molecule has 0 spiro atoms. The lowest BCUT2D eigenvalue weighted by molar-refractivity contribution is 0.0659. The van der Waals surface area contributed by atoms with Crippen LogP contribution in [0.2, 0.25) is 0 Å². The fourth-order valence-corrected chi connectivity index (χ4v) is 2.18. The maximum atomic E-state index is 12.2. The van der Waals surface area contributed by atoms with Crippen LogP contribution in [-0.2, 0) is 0 Å². The highest BCUT2D eigenvalue weighted by molar-refractivity contribution is 6.21. The summed E-state index contributed by atoms with van der Waals surface area (Å²) in [4.78, 5) is 29.9. The maximum absolute atomic E-state index is 12.2. The van der Waals surface area contributed by atoms with Gasteiger partial charge in [0.1, 0.15) is 0 Å². The van der Waals surface area contributed by atoms with Gasteiger partial charge < -0.3 is 10.6 Å². The van der Waals surface area contributed by atoms with Gasteiger partial charge in [-0.25, -0.2) is 0 Å². The number of hydrogen-bond acceptors (Lipinski definition) is 3. The van der Waals surface area contributed by atoms with Crippen molar-refractivity contribution >= 4 is 17.8 Å². The smallest absolute Gasteiger partial charge is 0.261 e. The predicted molar refractivity (Wildman–Crippen MR) is 84.6 cm³/mol. The van der Waals surface area contributed by atoms with Gasteiger partial charge in [0.2, 0.25) is 0 Å². The molecule has 2 amide bonds. The van der Waals surface area contributed by atoms with E-state index in [1.54, 1.807) is 24.3 Å². The Labute approximate surface area is 129 Å². The van der Waals surface area contributed by atoms with Crippen molar-refractivity contribution in [2.45, 2.75) is 6.92 Å². The largest absolute Gasteiger partial charge is 0.357 e. The van der Waals surface area contributed by atoms with Crippen LogP contribution in [-0.4, -0.2) is 48.9 Å². The van der Waals surface area contributed by atoms with Crippen LogP contribution in [0.15, 0.2) is 29.3 Å². The number of imide groups is 1. The van der Waals surface area contributed by atoms with Gasteiger partial charge in [0.25, 0.3) is 11.8 Å². The molecule has 0 bridgehead atoms. The fourth-order valence-electron chi connectivity index (χ4n) is 2.18. The lowest BCUT2D eigenvalue weighted by atomic mass is 10.1. The van der Waals surface area contributed by atoms with E-state index in [1.807, 2.05) is 6.92 Å². The highest BCUT2D eigenvalue weighted by atomic mass is 16.2. The van der Waals surface area contributed by atoms with Crippen molar-refractivity contribution in [3.05, 3.63) is 35.4 Å².